The smallest absolute Gasteiger partial charge is 0.325 e. The van der Waals surface area contributed by atoms with Gasteiger partial charge in [-0.25, -0.2) is 4.79 Å². The van der Waals surface area contributed by atoms with E-state index < -0.39 is 11.6 Å². The third-order valence-corrected chi connectivity index (χ3v) is 6.53. The van der Waals surface area contributed by atoms with Gasteiger partial charge in [0.15, 0.2) is 0 Å². The highest BCUT2D eigenvalue weighted by molar-refractivity contribution is 6.09. The van der Waals surface area contributed by atoms with E-state index in [1.165, 1.54) is 5.56 Å². The highest BCUT2D eigenvalue weighted by Gasteiger charge is 2.49. The van der Waals surface area contributed by atoms with Crippen molar-refractivity contribution in [3.8, 4) is 0 Å². The molecule has 2 saturated heterocycles. The Hall–Kier alpha value is -3.15. The summed E-state index contributed by atoms with van der Waals surface area (Å²) in [6.07, 6.45) is 2.88. The molecule has 162 valence electrons. The van der Waals surface area contributed by atoms with Gasteiger partial charge in [-0.3, -0.25) is 14.5 Å². The number of urea groups is 1. The van der Waals surface area contributed by atoms with Gasteiger partial charge < -0.3 is 10.2 Å². The van der Waals surface area contributed by atoms with Crippen molar-refractivity contribution in [1.82, 2.24) is 15.1 Å². The first-order chi connectivity index (χ1) is 14.9. The second-order valence-corrected chi connectivity index (χ2v) is 8.83. The van der Waals surface area contributed by atoms with Crippen LogP contribution >= 0.6 is 0 Å². The SMILES string of the molecule is Cc1ccc(C2(C)NC(=O)N(CC(=O)N3CCC(Cc4ccccc4)CC3)C2=O)cc1. The van der Waals surface area contributed by atoms with Crippen LogP contribution in [0.15, 0.2) is 54.6 Å². The molecule has 1 N–H and O–H groups in total. The largest absolute Gasteiger partial charge is 0.341 e. The molecule has 0 bridgehead atoms. The highest BCUT2D eigenvalue weighted by Crippen LogP contribution is 2.29. The van der Waals surface area contributed by atoms with Gasteiger partial charge in [0.1, 0.15) is 12.1 Å². The van der Waals surface area contributed by atoms with E-state index in [1.807, 2.05) is 37.3 Å². The Bertz CT molecular complexity index is 965. The molecule has 4 rings (SSSR count). The van der Waals surface area contributed by atoms with Gasteiger partial charge in [0.05, 0.1) is 0 Å². The molecule has 0 aromatic heterocycles. The average molecular weight is 420 g/mol. The number of aryl methyl sites for hydroxylation is 1. The molecule has 1 unspecified atom stereocenters. The molecule has 0 aliphatic carbocycles. The highest BCUT2D eigenvalue weighted by atomic mass is 16.2. The lowest BCUT2D eigenvalue weighted by Crippen LogP contribution is -2.46. The second-order valence-electron chi connectivity index (χ2n) is 8.83. The predicted octanol–water partition coefficient (Wildman–Crippen LogP) is 3.24. The molecule has 2 aliphatic heterocycles. The van der Waals surface area contributed by atoms with E-state index >= 15 is 0 Å². The zero-order valence-electron chi connectivity index (χ0n) is 18.1. The van der Waals surface area contributed by atoms with E-state index in [1.54, 1.807) is 11.8 Å². The number of benzene rings is 2. The Morgan fingerprint density at radius 3 is 2.32 bits per heavy atom. The maximum absolute atomic E-state index is 13.1. The van der Waals surface area contributed by atoms with Gasteiger partial charge in [-0.05, 0) is 50.2 Å². The van der Waals surface area contributed by atoms with Crippen molar-refractivity contribution in [3.05, 3.63) is 71.3 Å². The van der Waals surface area contributed by atoms with Crippen molar-refractivity contribution >= 4 is 17.8 Å². The summed E-state index contributed by atoms with van der Waals surface area (Å²) >= 11 is 0. The standard InChI is InChI=1S/C25H29N3O3/c1-18-8-10-21(11-9-18)25(2)23(30)28(24(31)26-25)17-22(29)27-14-12-20(13-15-27)16-19-6-4-3-5-7-19/h3-11,20H,12-17H2,1-2H3,(H,26,31). The molecule has 2 fully saturated rings. The van der Waals surface area contributed by atoms with Crippen molar-refractivity contribution < 1.29 is 14.4 Å². The Morgan fingerprint density at radius 1 is 1.03 bits per heavy atom. The quantitative estimate of drug-likeness (QED) is 0.757. The summed E-state index contributed by atoms with van der Waals surface area (Å²) in [7, 11) is 0. The molecule has 31 heavy (non-hydrogen) atoms. The summed E-state index contributed by atoms with van der Waals surface area (Å²) in [6, 6.07) is 17.4. The lowest BCUT2D eigenvalue weighted by Gasteiger charge is -2.33. The Labute approximate surface area is 183 Å². The van der Waals surface area contributed by atoms with E-state index in [0.29, 0.717) is 24.6 Å². The van der Waals surface area contributed by atoms with Crippen LogP contribution in [0.1, 0.15) is 36.5 Å². The minimum atomic E-state index is -1.15. The Kier molecular flexibility index (Phi) is 5.81. The normalized spacial score (nSPS) is 22.0. The van der Waals surface area contributed by atoms with Crippen LogP contribution in [-0.2, 0) is 21.5 Å². The zero-order valence-corrected chi connectivity index (χ0v) is 18.1. The van der Waals surface area contributed by atoms with Crippen LogP contribution in [0.3, 0.4) is 0 Å². The number of hydrogen-bond acceptors (Lipinski definition) is 3. The minimum Gasteiger partial charge on any atom is -0.341 e. The molecule has 2 aromatic carbocycles. The van der Waals surface area contributed by atoms with Crippen molar-refractivity contribution in [1.29, 1.82) is 0 Å². The van der Waals surface area contributed by atoms with Crippen LogP contribution in [0.5, 0.6) is 0 Å². The van der Waals surface area contributed by atoms with Gasteiger partial charge >= 0.3 is 6.03 Å². The number of nitrogens with one attached hydrogen (secondary N) is 1. The molecule has 6 heteroatoms. The van der Waals surface area contributed by atoms with E-state index in [2.05, 4.69) is 29.6 Å². The van der Waals surface area contributed by atoms with Crippen LogP contribution in [-0.4, -0.2) is 47.3 Å². The second kappa shape index (κ2) is 8.53. The number of amides is 4. The number of nitrogens with zero attached hydrogens (tertiary/aromatic N) is 2. The van der Waals surface area contributed by atoms with E-state index in [0.717, 1.165) is 29.7 Å². The molecule has 6 nitrogen and oxygen atoms in total. The van der Waals surface area contributed by atoms with Gasteiger partial charge in [0, 0.05) is 13.1 Å². The van der Waals surface area contributed by atoms with Gasteiger partial charge in [-0.15, -0.1) is 0 Å². The number of piperidine rings is 1. The monoisotopic (exact) mass is 419 g/mol. The molecule has 0 radical (unpaired) electrons. The minimum absolute atomic E-state index is 0.171. The summed E-state index contributed by atoms with van der Waals surface area (Å²) in [6.45, 7) is 4.77. The molecule has 0 saturated carbocycles. The lowest BCUT2D eigenvalue weighted by molar-refractivity contribution is -0.139. The topological polar surface area (TPSA) is 69.7 Å². The molecule has 2 aliphatic rings. The fraction of sp³-hybridized carbons (Fsp3) is 0.400. The van der Waals surface area contributed by atoms with E-state index in [4.69, 9.17) is 0 Å². The maximum Gasteiger partial charge on any atom is 0.325 e. The van der Waals surface area contributed by atoms with Gasteiger partial charge in [0.2, 0.25) is 5.91 Å². The van der Waals surface area contributed by atoms with Crippen molar-refractivity contribution in [2.45, 2.75) is 38.6 Å². The Balaban J connectivity index is 1.35. The Morgan fingerprint density at radius 2 is 1.68 bits per heavy atom. The third kappa shape index (κ3) is 4.33. The molecule has 0 spiro atoms. The molecule has 2 aromatic rings. The van der Waals surface area contributed by atoms with Crippen molar-refractivity contribution in [3.63, 3.8) is 0 Å². The zero-order chi connectivity index (χ0) is 22.0. The summed E-state index contributed by atoms with van der Waals surface area (Å²) in [4.78, 5) is 41.3. The first-order valence-electron chi connectivity index (χ1n) is 10.9. The van der Waals surface area contributed by atoms with E-state index in [-0.39, 0.29) is 18.4 Å². The molecule has 2 heterocycles. The van der Waals surface area contributed by atoms with E-state index in [9.17, 15) is 14.4 Å². The number of carbonyl (C=O) groups is 3. The first-order valence-corrected chi connectivity index (χ1v) is 10.9. The fourth-order valence-electron chi connectivity index (χ4n) is 4.49. The van der Waals surface area contributed by atoms with Crippen molar-refractivity contribution in [2.24, 2.45) is 5.92 Å². The average Bonchev–Trinajstić information content (AvgIpc) is 2.99. The summed E-state index contributed by atoms with van der Waals surface area (Å²) in [5.74, 6) is -0.00326. The molecular formula is C25H29N3O3. The van der Waals surface area contributed by atoms with Gasteiger partial charge in [-0.1, -0.05) is 60.2 Å². The van der Waals surface area contributed by atoms with Crippen LogP contribution in [0, 0.1) is 12.8 Å². The van der Waals surface area contributed by atoms with Crippen LogP contribution in [0.4, 0.5) is 4.79 Å². The fourth-order valence-corrected chi connectivity index (χ4v) is 4.49. The number of imide groups is 1. The summed E-state index contributed by atoms with van der Waals surface area (Å²) in [5, 5.41) is 2.78. The molecular weight excluding hydrogens is 390 g/mol. The molecule has 4 amide bonds. The number of likely N-dealkylation sites (tertiary alicyclic amines) is 1. The van der Waals surface area contributed by atoms with Gasteiger partial charge in [0.25, 0.3) is 5.91 Å². The predicted molar refractivity (Wildman–Crippen MR) is 118 cm³/mol. The number of carbonyl (C=O) groups excluding carboxylic acids is 3. The summed E-state index contributed by atoms with van der Waals surface area (Å²) < 4.78 is 0. The molecule has 1 atom stereocenters. The third-order valence-electron chi connectivity index (χ3n) is 6.53. The first kappa shape index (κ1) is 21.1. The summed E-state index contributed by atoms with van der Waals surface area (Å²) in [5.41, 5.74) is 1.97. The van der Waals surface area contributed by atoms with Crippen LogP contribution < -0.4 is 5.32 Å². The maximum atomic E-state index is 13.1. The van der Waals surface area contributed by atoms with Gasteiger partial charge in [-0.2, -0.15) is 0 Å². The number of hydrogen-bond donors (Lipinski definition) is 1. The number of rotatable bonds is 5. The van der Waals surface area contributed by atoms with Crippen molar-refractivity contribution in [2.75, 3.05) is 19.6 Å². The van der Waals surface area contributed by atoms with Crippen LogP contribution in [0.2, 0.25) is 0 Å². The van der Waals surface area contributed by atoms with Crippen LogP contribution in [0.25, 0.3) is 0 Å². The lowest BCUT2D eigenvalue weighted by atomic mass is 9.90.